The summed E-state index contributed by atoms with van der Waals surface area (Å²) >= 11 is 3.60. The number of carbonyl (C=O) groups excluding carboxylic acids is 1. The zero-order valence-corrected chi connectivity index (χ0v) is 20.1. The lowest BCUT2D eigenvalue weighted by Crippen LogP contribution is -2.51. The number of aromatic carboxylic acids is 1. The number of halogens is 1. The predicted octanol–water partition coefficient (Wildman–Crippen LogP) is 3.79. The third-order valence-corrected chi connectivity index (χ3v) is 6.62. The lowest BCUT2D eigenvalue weighted by atomic mass is 10.0. The highest BCUT2D eigenvalue weighted by Crippen LogP contribution is 2.37. The van der Waals surface area contributed by atoms with Gasteiger partial charge in [0.25, 0.3) is 0 Å². The fourth-order valence-corrected chi connectivity index (χ4v) is 4.44. The molecule has 172 valence electrons. The Labute approximate surface area is 200 Å². The van der Waals surface area contributed by atoms with Crippen molar-refractivity contribution in [2.24, 2.45) is 0 Å². The molecule has 0 saturated heterocycles. The molecule has 0 fully saturated rings. The number of hydrogen-bond acceptors (Lipinski definition) is 5. The lowest BCUT2D eigenvalue weighted by Gasteiger charge is -2.26. The van der Waals surface area contributed by atoms with Crippen molar-refractivity contribution in [2.75, 3.05) is 25.1 Å². The molecule has 1 heterocycles. The van der Waals surface area contributed by atoms with Gasteiger partial charge in [-0.15, -0.1) is 0 Å². The number of likely N-dealkylation sites (N-methyl/N-ethyl adjacent to an activating group) is 1. The summed E-state index contributed by atoms with van der Waals surface area (Å²) in [6.07, 6.45) is 0. The summed E-state index contributed by atoms with van der Waals surface area (Å²) in [5, 5.41) is 18.2. The minimum Gasteiger partial charge on any atom is -0.488 e. The molecule has 0 radical (unpaired) electrons. The van der Waals surface area contributed by atoms with Gasteiger partial charge in [0.15, 0.2) is 5.75 Å². The van der Waals surface area contributed by atoms with Gasteiger partial charge >= 0.3 is 5.97 Å². The number of para-hydroxylation sites is 1. The number of nitrogens with one attached hydrogen (secondary N) is 2. The summed E-state index contributed by atoms with van der Waals surface area (Å²) in [5.74, 6) is -1.04. The van der Waals surface area contributed by atoms with E-state index in [1.54, 1.807) is 17.0 Å². The van der Waals surface area contributed by atoms with Crippen LogP contribution in [0, 0.1) is 0 Å². The number of hydrogen-bond donors (Lipinski definition) is 3. The topological polar surface area (TPSA) is 90.9 Å². The van der Waals surface area contributed by atoms with E-state index in [0.717, 1.165) is 20.8 Å². The Morgan fingerprint density at radius 3 is 2.67 bits per heavy atom. The van der Waals surface area contributed by atoms with Crippen LogP contribution in [-0.2, 0) is 11.3 Å². The van der Waals surface area contributed by atoms with E-state index in [4.69, 9.17) is 4.74 Å². The van der Waals surface area contributed by atoms with Gasteiger partial charge in [-0.3, -0.25) is 4.79 Å². The van der Waals surface area contributed by atoms with Gasteiger partial charge in [-0.05, 0) is 48.5 Å². The molecule has 33 heavy (non-hydrogen) atoms. The largest absolute Gasteiger partial charge is 0.488 e. The van der Waals surface area contributed by atoms with Gasteiger partial charge in [-0.25, -0.2) is 4.79 Å². The van der Waals surface area contributed by atoms with Gasteiger partial charge in [-0.2, -0.15) is 0 Å². The maximum Gasteiger partial charge on any atom is 0.339 e. The quantitative estimate of drug-likeness (QED) is 0.447. The van der Waals surface area contributed by atoms with Crippen LogP contribution in [0.4, 0.5) is 5.69 Å². The number of anilines is 1. The van der Waals surface area contributed by atoms with Crippen molar-refractivity contribution in [3.8, 4) is 5.75 Å². The second-order valence-electron chi connectivity index (χ2n) is 8.10. The van der Waals surface area contributed by atoms with Crippen molar-refractivity contribution in [3.63, 3.8) is 0 Å². The van der Waals surface area contributed by atoms with Crippen LogP contribution in [0.2, 0.25) is 0 Å². The van der Waals surface area contributed by atoms with Crippen LogP contribution in [0.1, 0.15) is 22.8 Å². The molecular weight excluding hydrogens is 486 g/mol. The summed E-state index contributed by atoms with van der Waals surface area (Å²) in [6.45, 7) is 2.90. The van der Waals surface area contributed by atoms with Crippen molar-refractivity contribution in [1.29, 1.82) is 0 Å². The molecule has 0 aromatic heterocycles. The van der Waals surface area contributed by atoms with E-state index in [-0.39, 0.29) is 36.4 Å². The highest BCUT2D eigenvalue weighted by molar-refractivity contribution is 9.10. The molecular formula is C25H26BrN3O4. The molecule has 1 aliphatic rings. The van der Waals surface area contributed by atoms with Crippen LogP contribution in [-0.4, -0.2) is 49.3 Å². The smallest absolute Gasteiger partial charge is 0.339 e. The van der Waals surface area contributed by atoms with Crippen LogP contribution in [0.5, 0.6) is 5.75 Å². The molecule has 7 nitrogen and oxygen atoms in total. The molecule has 2 atom stereocenters. The Kier molecular flexibility index (Phi) is 6.97. The molecule has 3 N–H and O–H groups in total. The fourth-order valence-electron chi connectivity index (χ4n) is 3.97. The number of benzene rings is 3. The zero-order valence-electron chi connectivity index (χ0n) is 18.5. The third kappa shape index (κ3) is 4.73. The third-order valence-electron chi connectivity index (χ3n) is 5.93. The van der Waals surface area contributed by atoms with E-state index in [9.17, 15) is 14.7 Å². The molecule has 4 rings (SSSR count). The number of nitrogens with zero attached hydrogens (tertiary/aromatic N) is 1. The van der Waals surface area contributed by atoms with Gasteiger partial charge in [0.2, 0.25) is 5.91 Å². The van der Waals surface area contributed by atoms with Crippen LogP contribution in [0.25, 0.3) is 10.8 Å². The van der Waals surface area contributed by atoms with Gasteiger partial charge in [-0.1, -0.05) is 52.3 Å². The van der Waals surface area contributed by atoms with Crippen LogP contribution in [0.15, 0.2) is 59.1 Å². The van der Waals surface area contributed by atoms with Gasteiger partial charge in [0.1, 0.15) is 18.2 Å². The fraction of sp³-hybridized carbons (Fsp3) is 0.280. The molecule has 0 aliphatic carbocycles. The van der Waals surface area contributed by atoms with Crippen molar-refractivity contribution < 1.29 is 19.4 Å². The van der Waals surface area contributed by atoms with Crippen molar-refractivity contribution >= 4 is 44.3 Å². The molecule has 1 aliphatic heterocycles. The number of fused-ring (bicyclic) bond motifs is 2. The molecule has 8 heteroatoms. The zero-order chi connectivity index (χ0) is 23.5. The summed E-state index contributed by atoms with van der Waals surface area (Å²) in [6, 6.07) is 16.3. The van der Waals surface area contributed by atoms with Gasteiger partial charge in [0, 0.05) is 17.1 Å². The Hall–Kier alpha value is -2.94. The van der Waals surface area contributed by atoms with E-state index in [1.165, 1.54) is 6.07 Å². The second kappa shape index (κ2) is 9.91. The molecule has 0 bridgehead atoms. The average molecular weight is 512 g/mol. The number of carboxylic acids is 1. The standard InChI is InChI=1S/C25H26BrN3O4/c1-15(27-2)12-28-21-14-33-23-19(25(31)32)8-5-9-22(23)29(24(21)30)13-16-10-11-20(26)18-7-4-3-6-17(16)18/h3-11,15,21,27-28H,12-14H2,1-2H3,(H,31,32)/t15-,21-/m0/s1. The highest BCUT2D eigenvalue weighted by Gasteiger charge is 2.34. The Morgan fingerprint density at radius 2 is 1.94 bits per heavy atom. The molecule has 1 amide bonds. The van der Waals surface area contributed by atoms with Crippen LogP contribution >= 0.6 is 15.9 Å². The van der Waals surface area contributed by atoms with Gasteiger partial charge in [0.05, 0.1) is 12.2 Å². The minimum atomic E-state index is -1.09. The van der Waals surface area contributed by atoms with E-state index in [2.05, 4.69) is 26.6 Å². The highest BCUT2D eigenvalue weighted by atomic mass is 79.9. The summed E-state index contributed by atoms with van der Waals surface area (Å²) in [4.78, 5) is 27.2. The van der Waals surface area contributed by atoms with Crippen molar-refractivity contribution in [2.45, 2.75) is 25.6 Å². The van der Waals surface area contributed by atoms with Crippen LogP contribution in [0.3, 0.4) is 0 Å². The van der Waals surface area contributed by atoms with Crippen LogP contribution < -0.4 is 20.3 Å². The van der Waals surface area contributed by atoms with E-state index >= 15 is 0 Å². The van der Waals surface area contributed by atoms with E-state index in [0.29, 0.717) is 12.2 Å². The Morgan fingerprint density at radius 1 is 1.18 bits per heavy atom. The second-order valence-corrected chi connectivity index (χ2v) is 8.95. The number of ether oxygens (including phenoxy) is 1. The van der Waals surface area contributed by atoms with Crippen molar-refractivity contribution in [1.82, 2.24) is 10.6 Å². The molecule has 3 aromatic rings. The van der Waals surface area contributed by atoms with Gasteiger partial charge < -0.3 is 25.4 Å². The first kappa shape index (κ1) is 23.2. The van der Waals surface area contributed by atoms with E-state index in [1.807, 2.05) is 50.4 Å². The maximum atomic E-state index is 13.7. The summed E-state index contributed by atoms with van der Waals surface area (Å²) in [7, 11) is 1.86. The predicted molar refractivity (Wildman–Crippen MR) is 132 cm³/mol. The molecule has 0 unspecified atom stereocenters. The molecule has 0 spiro atoms. The number of amides is 1. The van der Waals surface area contributed by atoms with E-state index < -0.39 is 12.0 Å². The number of rotatable bonds is 7. The average Bonchev–Trinajstić information content (AvgIpc) is 2.95. The Balaban J connectivity index is 1.78. The van der Waals surface area contributed by atoms with Crippen molar-refractivity contribution in [3.05, 3.63) is 70.2 Å². The monoisotopic (exact) mass is 511 g/mol. The summed E-state index contributed by atoms with van der Waals surface area (Å²) in [5.41, 5.74) is 1.45. The number of carbonyl (C=O) groups is 2. The minimum absolute atomic E-state index is 0.0372. The number of carboxylic acid groups (broad SMARTS) is 1. The normalized spacial score (nSPS) is 16.8. The summed E-state index contributed by atoms with van der Waals surface area (Å²) < 4.78 is 6.90. The first-order chi connectivity index (χ1) is 15.9. The first-order valence-electron chi connectivity index (χ1n) is 10.8. The Bertz CT molecular complexity index is 1200. The SMILES string of the molecule is CN[C@@H](C)CN[C@H]1COc2c(C(=O)O)cccc2N(Cc2ccc(Br)c3ccccc23)C1=O. The first-order valence-corrected chi connectivity index (χ1v) is 11.6. The maximum absolute atomic E-state index is 13.7. The lowest BCUT2D eigenvalue weighted by molar-refractivity contribution is -0.121. The molecule has 3 aromatic carbocycles. The molecule has 0 saturated carbocycles.